The Hall–Kier alpha value is -2.90. The maximum atomic E-state index is 13.2. The Morgan fingerprint density at radius 2 is 1.80 bits per heavy atom. The van der Waals surface area contributed by atoms with Gasteiger partial charge >= 0.3 is 0 Å². The molecule has 182 valence electrons. The summed E-state index contributed by atoms with van der Waals surface area (Å²) in [5.41, 5.74) is 3.59. The highest BCUT2D eigenvalue weighted by molar-refractivity contribution is 8.26. The van der Waals surface area contributed by atoms with E-state index in [4.69, 9.17) is 22.1 Å². The summed E-state index contributed by atoms with van der Waals surface area (Å²) < 4.78 is 8.28. The summed E-state index contributed by atoms with van der Waals surface area (Å²) in [5, 5.41) is 4.88. The van der Waals surface area contributed by atoms with Crippen molar-refractivity contribution in [3.63, 3.8) is 0 Å². The zero-order chi connectivity index (χ0) is 24.8. The van der Waals surface area contributed by atoms with Gasteiger partial charge < -0.3 is 4.74 Å². The quantitative estimate of drug-likeness (QED) is 0.167. The number of unbranched alkanes of at least 4 members (excludes halogenated alkanes) is 3. The van der Waals surface area contributed by atoms with E-state index in [-0.39, 0.29) is 12.0 Å². The first kappa shape index (κ1) is 25.2. The number of amides is 1. The standard InChI is InChI=1S/C28H31N3O2S2/c1-4-5-6-10-17-30-27(32)25(35-28(30)34)18-22-19-31(23-11-8-7-9-12-23)29-26(22)21-13-15-24(16-14-21)33-20(2)3/h7-9,11-16,18-20H,4-6,10,17H2,1-3H3. The van der Waals surface area contributed by atoms with Crippen molar-refractivity contribution in [2.75, 3.05) is 6.54 Å². The second-order valence-corrected chi connectivity index (χ2v) is 10.5. The Labute approximate surface area is 217 Å². The smallest absolute Gasteiger partial charge is 0.266 e. The summed E-state index contributed by atoms with van der Waals surface area (Å²) in [6, 6.07) is 17.9. The number of thioether (sulfide) groups is 1. The number of aromatic nitrogens is 2. The molecule has 4 rings (SSSR count). The first-order valence-electron chi connectivity index (χ1n) is 12.1. The van der Waals surface area contributed by atoms with Crippen molar-refractivity contribution in [1.29, 1.82) is 0 Å². The fourth-order valence-electron chi connectivity index (χ4n) is 3.92. The van der Waals surface area contributed by atoms with Crippen LogP contribution in [0.5, 0.6) is 5.75 Å². The Kier molecular flexibility index (Phi) is 8.42. The number of para-hydroxylation sites is 1. The molecule has 7 heteroatoms. The highest BCUT2D eigenvalue weighted by Crippen LogP contribution is 2.35. The fraction of sp³-hybridized carbons (Fsp3) is 0.321. The number of ether oxygens (including phenoxy) is 1. The number of benzene rings is 2. The zero-order valence-electron chi connectivity index (χ0n) is 20.4. The van der Waals surface area contributed by atoms with E-state index >= 15 is 0 Å². The monoisotopic (exact) mass is 505 g/mol. The molecule has 5 nitrogen and oxygen atoms in total. The molecule has 1 aromatic heterocycles. The fourth-order valence-corrected chi connectivity index (χ4v) is 5.22. The van der Waals surface area contributed by atoms with Crippen LogP contribution in [0.4, 0.5) is 0 Å². The molecule has 0 radical (unpaired) electrons. The van der Waals surface area contributed by atoms with Crippen molar-refractivity contribution in [3.05, 3.63) is 71.3 Å². The van der Waals surface area contributed by atoms with Crippen LogP contribution in [0.3, 0.4) is 0 Å². The number of hydrogen-bond donors (Lipinski definition) is 0. The van der Waals surface area contributed by atoms with Crippen molar-refractivity contribution in [3.8, 4) is 22.7 Å². The summed E-state index contributed by atoms with van der Waals surface area (Å²) in [4.78, 5) is 15.5. The normalized spacial score (nSPS) is 15.0. The summed E-state index contributed by atoms with van der Waals surface area (Å²) in [7, 11) is 0. The van der Waals surface area contributed by atoms with Gasteiger partial charge in [0.15, 0.2) is 0 Å². The van der Waals surface area contributed by atoms with Crippen LogP contribution in [-0.2, 0) is 4.79 Å². The Morgan fingerprint density at radius 1 is 1.06 bits per heavy atom. The Morgan fingerprint density at radius 3 is 2.49 bits per heavy atom. The predicted molar refractivity (Wildman–Crippen MR) is 149 cm³/mol. The lowest BCUT2D eigenvalue weighted by Gasteiger charge is -2.13. The number of carbonyl (C=O) groups excluding carboxylic acids is 1. The van der Waals surface area contributed by atoms with E-state index in [1.807, 2.05) is 85.4 Å². The molecule has 1 saturated heterocycles. The van der Waals surface area contributed by atoms with E-state index in [0.717, 1.165) is 47.5 Å². The van der Waals surface area contributed by atoms with Gasteiger partial charge in [0.25, 0.3) is 5.91 Å². The summed E-state index contributed by atoms with van der Waals surface area (Å²) in [6.07, 6.45) is 8.41. The lowest BCUT2D eigenvalue weighted by Crippen LogP contribution is -2.29. The zero-order valence-corrected chi connectivity index (χ0v) is 22.1. The van der Waals surface area contributed by atoms with Crippen molar-refractivity contribution < 1.29 is 9.53 Å². The molecule has 2 aromatic carbocycles. The molecule has 0 atom stereocenters. The molecular formula is C28H31N3O2S2. The van der Waals surface area contributed by atoms with Gasteiger partial charge in [0.1, 0.15) is 10.1 Å². The molecule has 1 aliphatic rings. The molecule has 1 fully saturated rings. The van der Waals surface area contributed by atoms with Gasteiger partial charge in [-0.3, -0.25) is 9.69 Å². The van der Waals surface area contributed by atoms with Gasteiger partial charge in [-0.15, -0.1) is 0 Å². The SMILES string of the molecule is CCCCCCN1C(=O)C(=Cc2cn(-c3ccccc3)nc2-c2ccc(OC(C)C)cc2)SC1=S. The number of rotatable bonds is 10. The third kappa shape index (κ3) is 6.21. The number of thiocarbonyl (C=S) groups is 1. The minimum Gasteiger partial charge on any atom is -0.491 e. The van der Waals surface area contributed by atoms with Gasteiger partial charge in [-0.05, 0) is 62.7 Å². The van der Waals surface area contributed by atoms with Crippen LogP contribution in [0.15, 0.2) is 65.7 Å². The van der Waals surface area contributed by atoms with Gasteiger partial charge in [0, 0.05) is 23.9 Å². The first-order chi connectivity index (χ1) is 17.0. The largest absolute Gasteiger partial charge is 0.491 e. The van der Waals surface area contributed by atoms with Gasteiger partial charge in [0.2, 0.25) is 0 Å². The summed E-state index contributed by atoms with van der Waals surface area (Å²) in [5.74, 6) is 0.798. The molecule has 0 spiro atoms. The van der Waals surface area contributed by atoms with Gasteiger partial charge in [0.05, 0.1) is 22.4 Å². The van der Waals surface area contributed by atoms with E-state index in [9.17, 15) is 4.79 Å². The maximum Gasteiger partial charge on any atom is 0.266 e. The average molecular weight is 506 g/mol. The van der Waals surface area contributed by atoms with Crippen LogP contribution in [0.2, 0.25) is 0 Å². The van der Waals surface area contributed by atoms with E-state index in [2.05, 4.69) is 6.92 Å². The topological polar surface area (TPSA) is 47.4 Å². The first-order valence-corrected chi connectivity index (χ1v) is 13.4. The van der Waals surface area contributed by atoms with E-state index in [0.29, 0.717) is 15.8 Å². The lowest BCUT2D eigenvalue weighted by molar-refractivity contribution is -0.122. The van der Waals surface area contributed by atoms with E-state index in [1.54, 1.807) is 4.90 Å². The van der Waals surface area contributed by atoms with Crippen LogP contribution in [0.1, 0.15) is 52.0 Å². The molecule has 1 amide bonds. The molecule has 1 aliphatic heterocycles. The van der Waals surface area contributed by atoms with Crippen molar-refractivity contribution >= 4 is 40.3 Å². The second-order valence-electron chi connectivity index (χ2n) is 8.80. The predicted octanol–water partition coefficient (Wildman–Crippen LogP) is 7.11. The summed E-state index contributed by atoms with van der Waals surface area (Å²) >= 11 is 6.91. The molecular weight excluding hydrogens is 474 g/mol. The molecule has 0 N–H and O–H groups in total. The average Bonchev–Trinajstić information content (AvgIpc) is 3.38. The molecule has 0 unspecified atom stereocenters. The molecule has 0 bridgehead atoms. The third-order valence-corrected chi connectivity index (χ3v) is 7.04. The molecule has 2 heterocycles. The molecule has 0 saturated carbocycles. The van der Waals surface area contributed by atoms with Crippen LogP contribution in [-0.4, -0.2) is 37.6 Å². The third-order valence-electron chi connectivity index (χ3n) is 5.66. The Bertz CT molecular complexity index is 1200. The number of hydrogen-bond acceptors (Lipinski definition) is 5. The lowest BCUT2D eigenvalue weighted by atomic mass is 10.1. The van der Waals surface area contributed by atoms with Crippen molar-refractivity contribution in [2.45, 2.75) is 52.6 Å². The summed E-state index contributed by atoms with van der Waals surface area (Å²) in [6.45, 7) is 6.87. The van der Waals surface area contributed by atoms with E-state index in [1.165, 1.54) is 18.2 Å². The van der Waals surface area contributed by atoms with E-state index < -0.39 is 0 Å². The van der Waals surface area contributed by atoms with Crippen molar-refractivity contribution in [1.82, 2.24) is 14.7 Å². The van der Waals surface area contributed by atoms with Crippen LogP contribution in [0.25, 0.3) is 23.0 Å². The van der Waals surface area contributed by atoms with Crippen LogP contribution < -0.4 is 4.74 Å². The van der Waals surface area contributed by atoms with Gasteiger partial charge in [-0.2, -0.15) is 5.10 Å². The Balaban J connectivity index is 1.66. The number of carbonyl (C=O) groups is 1. The second kappa shape index (κ2) is 11.7. The number of nitrogens with zero attached hydrogens (tertiary/aromatic N) is 3. The van der Waals surface area contributed by atoms with Gasteiger partial charge in [-0.25, -0.2) is 4.68 Å². The van der Waals surface area contributed by atoms with Crippen LogP contribution in [0, 0.1) is 0 Å². The molecule has 35 heavy (non-hydrogen) atoms. The maximum absolute atomic E-state index is 13.2. The minimum atomic E-state index is -0.0180. The minimum absolute atomic E-state index is 0.0180. The highest BCUT2D eigenvalue weighted by Gasteiger charge is 2.32. The molecule has 0 aliphatic carbocycles. The molecule has 3 aromatic rings. The highest BCUT2D eigenvalue weighted by atomic mass is 32.2. The van der Waals surface area contributed by atoms with Crippen molar-refractivity contribution in [2.24, 2.45) is 0 Å². The van der Waals surface area contributed by atoms with Gasteiger partial charge in [-0.1, -0.05) is 68.4 Å². The van der Waals surface area contributed by atoms with Crippen LogP contribution >= 0.6 is 24.0 Å².